The third-order valence-corrected chi connectivity index (χ3v) is 4.03. The van der Waals surface area contributed by atoms with E-state index in [2.05, 4.69) is 30.9 Å². The average Bonchev–Trinajstić information content (AvgIpc) is 2.65. The van der Waals surface area contributed by atoms with E-state index in [0.717, 1.165) is 18.7 Å². The Morgan fingerprint density at radius 1 is 1.50 bits per heavy atom. The molecule has 0 amide bonds. The third-order valence-electron chi connectivity index (χ3n) is 4.03. The van der Waals surface area contributed by atoms with Crippen molar-refractivity contribution >= 4 is 11.7 Å². The number of rotatable bonds is 3. The molecule has 1 heterocycles. The molecule has 0 aliphatic carbocycles. The van der Waals surface area contributed by atoms with Gasteiger partial charge in [-0.3, -0.25) is 4.79 Å². The van der Waals surface area contributed by atoms with Gasteiger partial charge >= 0.3 is 5.97 Å². The highest BCUT2D eigenvalue weighted by Gasteiger charge is 2.32. The molecule has 0 saturated carbocycles. The van der Waals surface area contributed by atoms with E-state index in [1.165, 1.54) is 11.3 Å². The number of hydrogen-bond acceptors (Lipinski definition) is 2. The second-order valence-corrected chi connectivity index (χ2v) is 5.64. The minimum absolute atomic E-state index is 0.476. The summed E-state index contributed by atoms with van der Waals surface area (Å²) < 4.78 is 0. The normalized spacial score (nSPS) is 18.9. The predicted octanol–water partition coefficient (Wildman–Crippen LogP) is 2.99. The Hall–Kier alpha value is -1.51. The van der Waals surface area contributed by atoms with Crippen molar-refractivity contribution in [3.8, 4) is 0 Å². The molecule has 1 aliphatic rings. The van der Waals surface area contributed by atoms with Crippen molar-refractivity contribution in [1.29, 1.82) is 0 Å². The van der Waals surface area contributed by atoms with Crippen molar-refractivity contribution < 1.29 is 9.90 Å². The van der Waals surface area contributed by atoms with E-state index in [-0.39, 0.29) is 0 Å². The molecule has 0 radical (unpaired) electrons. The van der Waals surface area contributed by atoms with Crippen LogP contribution in [0.3, 0.4) is 0 Å². The van der Waals surface area contributed by atoms with Gasteiger partial charge in [-0.2, -0.15) is 0 Å². The summed E-state index contributed by atoms with van der Waals surface area (Å²) in [5.41, 5.74) is 2.60. The Labute approximate surface area is 108 Å². The quantitative estimate of drug-likeness (QED) is 0.892. The van der Waals surface area contributed by atoms with E-state index in [9.17, 15) is 9.90 Å². The van der Waals surface area contributed by atoms with Crippen molar-refractivity contribution in [3.05, 3.63) is 29.3 Å². The molecule has 0 fully saturated rings. The standard InChI is InChI=1S/C15H21NO2/c1-5-16-9-10(2)12-8-11(6-7-13(12)16)15(3,4)14(17)18/h6-8,10H,5,9H2,1-4H3,(H,17,18). The molecule has 1 unspecified atom stereocenters. The Kier molecular flexibility index (Phi) is 3.09. The second-order valence-electron chi connectivity index (χ2n) is 5.64. The largest absolute Gasteiger partial charge is 0.481 e. The highest BCUT2D eigenvalue weighted by molar-refractivity contribution is 5.81. The first kappa shape index (κ1) is 12.9. The van der Waals surface area contributed by atoms with Crippen molar-refractivity contribution in [3.63, 3.8) is 0 Å². The first-order valence-corrected chi connectivity index (χ1v) is 6.50. The van der Waals surface area contributed by atoms with Crippen LogP contribution >= 0.6 is 0 Å². The minimum Gasteiger partial charge on any atom is -0.481 e. The predicted molar refractivity (Wildman–Crippen MR) is 73.4 cm³/mol. The van der Waals surface area contributed by atoms with Crippen LogP contribution in [0.15, 0.2) is 18.2 Å². The summed E-state index contributed by atoms with van der Waals surface area (Å²) in [5, 5.41) is 9.30. The van der Waals surface area contributed by atoms with E-state index < -0.39 is 11.4 Å². The minimum atomic E-state index is -0.825. The maximum absolute atomic E-state index is 11.3. The summed E-state index contributed by atoms with van der Waals surface area (Å²) in [6.07, 6.45) is 0. The van der Waals surface area contributed by atoms with E-state index in [4.69, 9.17) is 0 Å². The zero-order valence-corrected chi connectivity index (χ0v) is 11.5. The van der Waals surface area contributed by atoms with Gasteiger partial charge in [-0.15, -0.1) is 0 Å². The average molecular weight is 247 g/mol. The molecular formula is C15H21NO2. The number of hydrogen-bond donors (Lipinski definition) is 1. The zero-order valence-electron chi connectivity index (χ0n) is 11.5. The molecular weight excluding hydrogens is 226 g/mol. The Balaban J connectivity index is 2.46. The number of fused-ring (bicyclic) bond motifs is 1. The van der Waals surface area contributed by atoms with Gasteiger partial charge in [-0.1, -0.05) is 19.1 Å². The number of aliphatic carboxylic acids is 1. The Morgan fingerprint density at radius 2 is 2.17 bits per heavy atom. The number of likely N-dealkylation sites (N-methyl/N-ethyl adjacent to an activating group) is 1. The summed E-state index contributed by atoms with van der Waals surface area (Å²) >= 11 is 0. The van der Waals surface area contributed by atoms with Gasteiger partial charge in [0.2, 0.25) is 0 Å². The highest BCUT2D eigenvalue weighted by atomic mass is 16.4. The fourth-order valence-electron chi connectivity index (χ4n) is 2.58. The van der Waals surface area contributed by atoms with Crippen LogP contribution in [-0.2, 0) is 10.2 Å². The first-order valence-electron chi connectivity index (χ1n) is 6.50. The van der Waals surface area contributed by atoms with Gasteiger partial charge in [0.05, 0.1) is 5.41 Å². The summed E-state index contributed by atoms with van der Waals surface area (Å²) in [6, 6.07) is 6.10. The molecule has 1 atom stereocenters. The second kappa shape index (κ2) is 4.30. The number of carboxylic acids is 1. The van der Waals surface area contributed by atoms with Gasteiger partial charge in [0.15, 0.2) is 0 Å². The lowest BCUT2D eigenvalue weighted by Crippen LogP contribution is -2.28. The van der Waals surface area contributed by atoms with E-state index in [1.54, 1.807) is 13.8 Å². The van der Waals surface area contributed by atoms with Crippen molar-refractivity contribution in [2.75, 3.05) is 18.0 Å². The summed E-state index contributed by atoms with van der Waals surface area (Å²) in [4.78, 5) is 13.7. The SMILES string of the molecule is CCN1CC(C)c2cc(C(C)(C)C(=O)O)ccc21. The van der Waals surface area contributed by atoms with Gasteiger partial charge in [0.25, 0.3) is 0 Å². The van der Waals surface area contributed by atoms with Gasteiger partial charge in [0, 0.05) is 24.7 Å². The van der Waals surface area contributed by atoms with Crippen LogP contribution in [0, 0.1) is 0 Å². The lowest BCUT2D eigenvalue weighted by Gasteiger charge is -2.22. The van der Waals surface area contributed by atoms with Crippen LogP contribution in [0.25, 0.3) is 0 Å². The molecule has 0 saturated heterocycles. The van der Waals surface area contributed by atoms with Crippen LogP contribution in [0.5, 0.6) is 0 Å². The van der Waals surface area contributed by atoms with Crippen LogP contribution in [-0.4, -0.2) is 24.2 Å². The highest BCUT2D eigenvalue weighted by Crippen LogP contribution is 2.38. The molecule has 0 spiro atoms. The maximum atomic E-state index is 11.3. The monoisotopic (exact) mass is 247 g/mol. The van der Waals surface area contributed by atoms with Gasteiger partial charge < -0.3 is 10.0 Å². The van der Waals surface area contributed by atoms with Crippen molar-refractivity contribution in [2.45, 2.75) is 39.0 Å². The number of anilines is 1. The molecule has 1 aliphatic heterocycles. The smallest absolute Gasteiger partial charge is 0.313 e. The Bertz CT molecular complexity index is 479. The molecule has 0 bridgehead atoms. The summed E-state index contributed by atoms with van der Waals surface area (Å²) in [7, 11) is 0. The fraction of sp³-hybridized carbons (Fsp3) is 0.533. The molecule has 3 nitrogen and oxygen atoms in total. The maximum Gasteiger partial charge on any atom is 0.313 e. The van der Waals surface area contributed by atoms with Gasteiger partial charge in [-0.05, 0) is 38.0 Å². The number of benzene rings is 1. The van der Waals surface area contributed by atoms with Crippen LogP contribution in [0.1, 0.15) is 44.7 Å². The molecule has 2 rings (SSSR count). The zero-order chi connectivity index (χ0) is 13.5. The number of nitrogens with zero attached hydrogens (tertiary/aromatic N) is 1. The van der Waals surface area contributed by atoms with E-state index in [0.29, 0.717) is 5.92 Å². The Morgan fingerprint density at radius 3 is 2.72 bits per heavy atom. The van der Waals surface area contributed by atoms with E-state index >= 15 is 0 Å². The summed E-state index contributed by atoms with van der Waals surface area (Å²) in [6.45, 7) is 9.90. The van der Waals surface area contributed by atoms with Crippen LogP contribution < -0.4 is 4.90 Å². The van der Waals surface area contributed by atoms with Crippen LogP contribution in [0.2, 0.25) is 0 Å². The number of carboxylic acid groups (broad SMARTS) is 1. The first-order chi connectivity index (χ1) is 8.37. The lowest BCUT2D eigenvalue weighted by atomic mass is 9.83. The van der Waals surface area contributed by atoms with Gasteiger partial charge in [0.1, 0.15) is 0 Å². The van der Waals surface area contributed by atoms with Crippen LogP contribution in [0.4, 0.5) is 5.69 Å². The molecule has 0 aromatic heterocycles. The third kappa shape index (κ3) is 1.88. The molecule has 1 aromatic carbocycles. The lowest BCUT2D eigenvalue weighted by molar-refractivity contribution is -0.142. The molecule has 98 valence electrons. The van der Waals surface area contributed by atoms with Crippen molar-refractivity contribution in [1.82, 2.24) is 0 Å². The van der Waals surface area contributed by atoms with E-state index in [1.807, 2.05) is 6.07 Å². The van der Waals surface area contributed by atoms with Crippen molar-refractivity contribution in [2.24, 2.45) is 0 Å². The molecule has 3 heteroatoms. The van der Waals surface area contributed by atoms with Gasteiger partial charge in [-0.25, -0.2) is 0 Å². The summed E-state index contributed by atoms with van der Waals surface area (Å²) in [5.74, 6) is -0.301. The topological polar surface area (TPSA) is 40.5 Å². The molecule has 1 N–H and O–H groups in total. The molecule has 1 aromatic rings. The molecule has 18 heavy (non-hydrogen) atoms. The fourth-order valence-corrected chi connectivity index (χ4v) is 2.58. The number of carbonyl (C=O) groups is 1.